The molecule has 124 valence electrons. The van der Waals surface area contributed by atoms with Crippen LogP contribution in [0.1, 0.15) is 26.3 Å². The highest BCUT2D eigenvalue weighted by molar-refractivity contribution is 6.23. The van der Waals surface area contributed by atoms with Gasteiger partial charge in [-0.05, 0) is 35.0 Å². The van der Waals surface area contributed by atoms with Crippen LogP contribution in [0, 0.1) is 6.92 Å². The van der Waals surface area contributed by atoms with Crippen molar-refractivity contribution in [2.75, 3.05) is 5.73 Å². The number of nitrogens with two attached hydrogens (primary N) is 1. The van der Waals surface area contributed by atoms with E-state index in [-0.39, 0.29) is 16.9 Å². The minimum Gasteiger partial charge on any atom is -0.384 e. The summed E-state index contributed by atoms with van der Waals surface area (Å²) < 4.78 is 2.62. The van der Waals surface area contributed by atoms with Crippen LogP contribution in [0.5, 0.6) is 0 Å². The number of fused-ring (bicyclic) bond motifs is 1. The van der Waals surface area contributed by atoms with E-state index in [9.17, 15) is 14.4 Å². The smallest absolute Gasteiger partial charge is 0.262 e. The van der Waals surface area contributed by atoms with Gasteiger partial charge in [-0.1, -0.05) is 6.07 Å². The van der Waals surface area contributed by atoms with Gasteiger partial charge in [0.05, 0.1) is 22.5 Å². The Bertz CT molecular complexity index is 1100. The molecule has 0 fully saturated rings. The van der Waals surface area contributed by atoms with E-state index in [4.69, 9.17) is 5.73 Å². The third-order valence-corrected chi connectivity index (χ3v) is 4.00. The highest BCUT2D eigenvalue weighted by atomic mass is 16.2. The van der Waals surface area contributed by atoms with Crippen molar-refractivity contribution in [3.05, 3.63) is 57.6 Å². The summed E-state index contributed by atoms with van der Waals surface area (Å²) in [6.07, 6.45) is 1.41. The van der Waals surface area contributed by atoms with E-state index in [1.165, 1.54) is 15.6 Å². The van der Waals surface area contributed by atoms with E-state index in [1.807, 2.05) is 0 Å². The van der Waals surface area contributed by atoms with Crippen molar-refractivity contribution >= 4 is 17.6 Å². The molecule has 10 heteroatoms. The Hall–Kier alpha value is -3.82. The summed E-state index contributed by atoms with van der Waals surface area (Å²) in [6, 6.07) is 6.33. The molecule has 3 heterocycles. The lowest BCUT2D eigenvalue weighted by molar-refractivity contribution is 0.0880. The second kappa shape index (κ2) is 5.09. The highest BCUT2D eigenvalue weighted by Crippen LogP contribution is 2.25. The number of tetrazole rings is 1. The number of carbonyl (C=O) groups excluding carboxylic acids is 2. The second-order valence-corrected chi connectivity index (χ2v) is 5.50. The van der Waals surface area contributed by atoms with Gasteiger partial charge in [-0.3, -0.25) is 24.3 Å². The molecule has 2 amide bonds. The quantitative estimate of drug-likeness (QED) is 0.606. The van der Waals surface area contributed by atoms with Crippen LogP contribution < -0.4 is 16.6 Å². The van der Waals surface area contributed by atoms with Crippen LogP contribution in [0.15, 0.2) is 35.4 Å². The maximum Gasteiger partial charge on any atom is 0.262 e. The summed E-state index contributed by atoms with van der Waals surface area (Å²) in [5.41, 5.74) is 7.34. The molecule has 3 N–H and O–H groups in total. The molecule has 1 aliphatic rings. The number of anilines is 1. The number of imide groups is 1. The van der Waals surface area contributed by atoms with Crippen LogP contribution >= 0.6 is 0 Å². The molecule has 0 saturated heterocycles. The molecule has 10 nitrogen and oxygen atoms in total. The van der Waals surface area contributed by atoms with Crippen LogP contribution in [0.3, 0.4) is 0 Å². The zero-order valence-electron chi connectivity index (χ0n) is 12.9. The standard InChI is InChI=1S/C15H11N7O3/c1-7-2-3-8(21-6-17-19-20-21)4-10(7)22-11(23)5-9-12(13(22)16)15(25)18-14(9)24/h2-6H,16H2,1H3,(H,18,24,25). The monoisotopic (exact) mass is 337 g/mol. The molecule has 0 atom stereocenters. The number of aryl methyl sites for hydroxylation is 1. The zero-order chi connectivity index (χ0) is 17.7. The van der Waals surface area contributed by atoms with Crippen molar-refractivity contribution < 1.29 is 9.59 Å². The topological polar surface area (TPSA) is 138 Å². The fourth-order valence-electron chi connectivity index (χ4n) is 2.79. The third-order valence-electron chi connectivity index (χ3n) is 4.00. The van der Waals surface area contributed by atoms with Gasteiger partial charge in [0.1, 0.15) is 12.1 Å². The van der Waals surface area contributed by atoms with Gasteiger partial charge in [-0.2, -0.15) is 0 Å². The molecule has 0 spiro atoms. The lowest BCUT2D eigenvalue weighted by Gasteiger charge is -2.15. The number of rotatable bonds is 2. The van der Waals surface area contributed by atoms with Crippen LogP contribution in [-0.2, 0) is 0 Å². The van der Waals surface area contributed by atoms with Gasteiger partial charge in [0.15, 0.2) is 0 Å². The van der Waals surface area contributed by atoms with Gasteiger partial charge in [0.25, 0.3) is 17.4 Å². The van der Waals surface area contributed by atoms with Crippen LogP contribution in [0.25, 0.3) is 11.4 Å². The summed E-state index contributed by atoms with van der Waals surface area (Å²) in [7, 11) is 0. The fourth-order valence-corrected chi connectivity index (χ4v) is 2.79. The first kappa shape index (κ1) is 14.8. The number of nitrogens with one attached hydrogen (secondary N) is 1. The Labute approximate surface area is 139 Å². The Morgan fingerprint density at radius 1 is 1.12 bits per heavy atom. The van der Waals surface area contributed by atoms with Crippen molar-refractivity contribution in [2.24, 2.45) is 0 Å². The van der Waals surface area contributed by atoms with E-state index < -0.39 is 17.4 Å². The first-order valence-electron chi connectivity index (χ1n) is 7.23. The van der Waals surface area contributed by atoms with Crippen LogP contribution in [0.4, 0.5) is 5.82 Å². The summed E-state index contributed by atoms with van der Waals surface area (Å²) in [5.74, 6) is -1.35. The first-order chi connectivity index (χ1) is 12.0. The highest BCUT2D eigenvalue weighted by Gasteiger charge is 2.32. The summed E-state index contributed by atoms with van der Waals surface area (Å²) in [5, 5.41) is 13.1. The Kier molecular flexibility index (Phi) is 3.01. The number of benzene rings is 1. The molecule has 25 heavy (non-hydrogen) atoms. The third kappa shape index (κ3) is 2.11. The van der Waals surface area contributed by atoms with E-state index >= 15 is 0 Å². The van der Waals surface area contributed by atoms with E-state index in [1.54, 1.807) is 25.1 Å². The number of nitrogens with zero attached hydrogens (tertiary/aromatic N) is 5. The van der Waals surface area contributed by atoms with E-state index in [0.717, 1.165) is 11.6 Å². The largest absolute Gasteiger partial charge is 0.384 e. The average Bonchev–Trinajstić information content (AvgIpc) is 3.18. The molecular formula is C15H11N7O3. The van der Waals surface area contributed by atoms with Crippen LogP contribution in [-0.4, -0.2) is 36.6 Å². The molecule has 1 aliphatic heterocycles. The zero-order valence-corrected chi connectivity index (χ0v) is 12.9. The SMILES string of the molecule is Cc1ccc(-n2cnnn2)cc1-n1c(N)c2c(cc1=O)C(=O)NC2=O. The van der Waals surface area contributed by atoms with E-state index in [2.05, 4.69) is 20.8 Å². The van der Waals surface area contributed by atoms with Gasteiger partial charge in [0.2, 0.25) is 0 Å². The molecule has 1 aromatic carbocycles. The number of hydrogen-bond acceptors (Lipinski definition) is 7. The molecule has 3 aromatic rings. The van der Waals surface area contributed by atoms with Crippen molar-refractivity contribution in [1.29, 1.82) is 0 Å². The van der Waals surface area contributed by atoms with Crippen molar-refractivity contribution in [2.45, 2.75) is 6.92 Å². The number of aromatic nitrogens is 5. The van der Waals surface area contributed by atoms with Crippen LogP contribution in [0.2, 0.25) is 0 Å². The molecular weight excluding hydrogens is 326 g/mol. The number of pyridine rings is 1. The molecule has 0 unspecified atom stereocenters. The minimum atomic E-state index is -0.630. The van der Waals surface area contributed by atoms with E-state index in [0.29, 0.717) is 11.4 Å². The molecule has 4 rings (SSSR count). The van der Waals surface area contributed by atoms with Crippen molar-refractivity contribution in [3.63, 3.8) is 0 Å². The number of hydrogen-bond donors (Lipinski definition) is 2. The number of nitrogen functional groups attached to an aromatic ring is 1. The predicted molar refractivity (Wildman–Crippen MR) is 85.7 cm³/mol. The molecule has 0 bridgehead atoms. The van der Waals surface area contributed by atoms with Crippen molar-refractivity contribution in [3.8, 4) is 11.4 Å². The van der Waals surface area contributed by atoms with Gasteiger partial charge in [-0.15, -0.1) is 5.10 Å². The Balaban J connectivity index is 1.99. The average molecular weight is 337 g/mol. The lowest BCUT2D eigenvalue weighted by atomic mass is 10.1. The van der Waals surface area contributed by atoms with Gasteiger partial charge < -0.3 is 5.73 Å². The lowest BCUT2D eigenvalue weighted by Crippen LogP contribution is -2.24. The summed E-state index contributed by atoms with van der Waals surface area (Å²) in [6.45, 7) is 1.79. The summed E-state index contributed by atoms with van der Waals surface area (Å²) in [4.78, 5) is 36.3. The number of amides is 2. The molecule has 0 saturated carbocycles. The second-order valence-electron chi connectivity index (χ2n) is 5.50. The molecule has 0 radical (unpaired) electrons. The van der Waals surface area contributed by atoms with Gasteiger partial charge in [0, 0.05) is 6.07 Å². The minimum absolute atomic E-state index is 0.00294. The first-order valence-corrected chi connectivity index (χ1v) is 7.23. The molecule has 0 aliphatic carbocycles. The maximum atomic E-state index is 12.5. The van der Waals surface area contributed by atoms with Crippen molar-refractivity contribution in [1.82, 2.24) is 30.1 Å². The Morgan fingerprint density at radius 2 is 1.92 bits per heavy atom. The number of carbonyl (C=O) groups is 2. The van der Waals surface area contributed by atoms with Gasteiger partial charge >= 0.3 is 0 Å². The molecule has 2 aromatic heterocycles. The summed E-state index contributed by atoms with van der Waals surface area (Å²) >= 11 is 0. The van der Waals surface area contributed by atoms with Gasteiger partial charge in [-0.25, -0.2) is 4.68 Å². The predicted octanol–water partition coefficient (Wildman–Crippen LogP) is -0.413. The fraction of sp³-hybridized carbons (Fsp3) is 0.0667. The Morgan fingerprint density at radius 3 is 2.64 bits per heavy atom. The normalized spacial score (nSPS) is 13.0. The maximum absolute atomic E-state index is 12.5.